The zero-order valence-electron chi connectivity index (χ0n) is 23.3. The van der Waals surface area contributed by atoms with E-state index in [1.165, 1.54) is 30.0 Å². The van der Waals surface area contributed by atoms with E-state index >= 15 is 0 Å². The number of amides is 2. The predicted octanol–water partition coefficient (Wildman–Crippen LogP) is 0.377. The number of fused-ring (bicyclic) bond motifs is 2. The molecule has 18 nitrogen and oxygen atoms in total. The van der Waals surface area contributed by atoms with Gasteiger partial charge < -0.3 is 26.1 Å². The van der Waals surface area contributed by atoms with E-state index in [2.05, 4.69) is 30.0 Å². The number of β-lactam (4-membered cyclic amide) rings is 1. The monoisotopic (exact) mass is 718 g/mol. The number of nitrogens with zero attached hydrogens (tertiary/aromatic N) is 8. The van der Waals surface area contributed by atoms with Crippen molar-refractivity contribution in [1.29, 1.82) is 0 Å². The molecule has 5 heterocycles. The van der Waals surface area contributed by atoms with E-state index in [0.717, 1.165) is 37.4 Å². The SMILES string of the molecule is Nc1nc(C(=NOc2ccc(Cl)cc2)C(=O)NC2C(=O)N3C(C(=O)O)=C(CSc4ccc5nn(CC(=O)O)c(=O)n5n4)CS[C@@H]23)ns1. The topological polar surface area (TPSA) is 250 Å². The van der Waals surface area contributed by atoms with Crippen LogP contribution in [0, 0.1) is 0 Å². The molecule has 2 aliphatic heterocycles. The Balaban J connectivity index is 1.17. The molecular formula is C25H19ClN10O8S3. The molecule has 1 unspecified atom stereocenters. The first-order valence-corrected chi connectivity index (χ1v) is 16.3. The lowest BCUT2D eigenvalue weighted by atomic mass is 10.0. The number of carboxylic acid groups (broad SMARTS) is 2. The van der Waals surface area contributed by atoms with Gasteiger partial charge in [-0.25, -0.2) is 9.59 Å². The van der Waals surface area contributed by atoms with Gasteiger partial charge in [0.15, 0.2) is 16.5 Å². The molecule has 3 aromatic heterocycles. The average molecular weight is 719 g/mol. The number of aromatic nitrogens is 6. The van der Waals surface area contributed by atoms with Gasteiger partial charge in [0, 0.05) is 28.1 Å². The second kappa shape index (κ2) is 13.0. The summed E-state index contributed by atoms with van der Waals surface area (Å²) in [5.41, 5.74) is 4.91. The van der Waals surface area contributed by atoms with E-state index in [1.54, 1.807) is 18.2 Å². The van der Waals surface area contributed by atoms with Gasteiger partial charge in [0.05, 0.1) is 0 Å². The molecule has 0 radical (unpaired) electrons. The van der Waals surface area contributed by atoms with Crippen molar-refractivity contribution in [3.8, 4) is 5.75 Å². The third kappa shape index (κ3) is 6.50. The summed E-state index contributed by atoms with van der Waals surface area (Å²) in [7, 11) is 0. The van der Waals surface area contributed by atoms with Gasteiger partial charge in [-0.3, -0.25) is 19.3 Å². The highest BCUT2D eigenvalue weighted by Crippen LogP contribution is 2.41. The number of nitrogen functional groups attached to an aromatic ring is 1. The molecule has 0 spiro atoms. The largest absolute Gasteiger partial charge is 0.480 e. The van der Waals surface area contributed by atoms with Crippen LogP contribution in [0.4, 0.5) is 5.13 Å². The Kier molecular flexibility index (Phi) is 8.86. The second-order valence-corrected chi connectivity index (χ2v) is 12.9. The van der Waals surface area contributed by atoms with Crippen molar-refractivity contribution in [1.82, 2.24) is 39.0 Å². The number of anilines is 1. The number of carboxylic acids is 2. The molecule has 0 bridgehead atoms. The van der Waals surface area contributed by atoms with Crippen LogP contribution in [0.1, 0.15) is 5.82 Å². The van der Waals surface area contributed by atoms with Crippen molar-refractivity contribution in [2.75, 3.05) is 17.2 Å². The highest BCUT2D eigenvalue weighted by atomic mass is 35.5. The van der Waals surface area contributed by atoms with E-state index in [9.17, 15) is 29.1 Å². The van der Waals surface area contributed by atoms with Crippen molar-refractivity contribution in [2.24, 2.45) is 5.16 Å². The number of aliphatic carboxylic acids is 2. The fourth-order valence-electron chi connectivity index (χ4n) is 4.47. The third-order valence-electron chi connectivity index (χ3n) is 6.56. The molecule has 2 aliphatic rings. The zero-order chi connectivity index (χ0) is 33.4. The minimum atomic E-state index is -1.33. The third-order valence-corrected chi connectivity index (χ3v) is 9.70. The molecule has 2 amide bonds. The zero-order valence-corrected chi connectivity index (χ0v) is 26.5. The van der Waals surface area contributed by atoms with Crippen LogP contribution in [-0.4, -0.2) is 96.3 Å². The van der Waals surface area contributed by atoms with Crippen LogP contribution in [0.2, 0.25) is 5.02 Å². The van der Waals surface area contributed by atoms with Gasteiger partial charge in [-0.15, -0.1) is 28.6 Å². The summed E-state index contributed by atoms with van der Waals surface area (Å²) in [6, 6.07) is 8.11. The summed E-state index contributed by atoms with van der Waals surface area (Å²) in [6.45, 7) is -0.634. The number of hydrogen-bond acceptors (Lipinski definition) is 15. The van der Waals surface area contributed by atoms with Gasteiger partial charge in [-0.1, -0.05) is 16.8 Å². The summed E-state index contributed by atoms with van der Waals surface area (Å²) in [6.07, 6.45) is 0. The molecule has 47 heavy (non-hydrogen) atoms. The fourth-order valence-corrected chi connectivity index (χ4v) is 7.37. The molecule has 0 aliphatic carbocycles. The summed E-state index contributed by atoms with van der Waals surface area (Å²) in [4.78, 5) is 72.8. The van der Waals surface area contributed by atoms with Crippen LogP contribution >= 0.6 is 46.7 Å². The first kappa shape index (κ1) is 32.0. The number of nitrogens with one attached hydrogen (secondary N) is 1. The molecule has 5 N–H and O–H groups in total. The number of rotatable bonds is 11. The van der Waals surface area contributed by atoms with Crippen LogP contribution in [0.3, 0.4) is 0 Å². The van der Waals surface area contributed by atoms with E-state index < -0.39 is 47.4 Å². The Morgan fingerprint density at radius 1 is 1.15 bits per heavy atom. The fraction of sp³-hybridized carbons (Fsp3) is 0.200. The van der Waals surface area contributed by atoms with E-state index in [-0.39, 0.29) is 45.3 Å². The minimum absolute atomic E-state index is 0.0674. The number of carbonyl (C=O) groups excluding carboxylic acids is 2. The van der Waals surface area contributed by atoms with Crippen LogP contribution < -0.4 is 21.6 Å². The maximum Gasteiger partial charge on any atom is 0.367 e. The Bertz CT molecular complexity index is 2060. The van der Waals surface area contributed by atoms with Crippen LogP contribution in [0.25, 0.3) is 5.65 Å². The lowest BCUT2D eigenvalue weighted by Gasteiger charge is -2.49. The quantitative estimate of drug-likeness (QED) is 0.0708. The molecular weight excluding hydrogens is 700 g/mol. The summed E-state index contributed by atoms with van der Waals surface area (Å²) < 4.78 is 5.72. The van der Waals surface area contributed by atoms with Gasteiger partial charge in [-0.05, 0) is 42.0 Å². The van der Waals surface area contributed by atoms with Gasteiger partial charge in [0.2, 0.25) is 11.5 Å². The summed E-state index contributed by atoms with van der Waals surface area (Å²) >= 11 is 9.08. The van der Waals surface area contributed by atoms with Gasteiger partial charge in [-0.2, -0.15) is 23.7 Å². The number of oxime groups is 1. The number of carbonyl (C=O) groups is 4. The molecule has 0 saturated carbocycles. The van der Waals surface area contributed by atoms with E-state index in [0.29, 0.717) is 15.6 Å². The highest BCUT2D eigenvalue weighted by molar-refractivity contribution is 8.01. The van der Waals surface area contributed by atoms with E-state index in [1.807, 2.05) is 0 Å². The number of benzene rings is 1. The van der Waals surface area contributed by atoms with Crippen molar-refractivity contribution in [2.45, 2.75) is 23.0 Å². The average Bonchev–Trinajstić information content (AvgIpc) is 3.60. The first-order chi connectivity index (χ1) is 22.5. The van der Waals surface area contributed by atoms with Crippen LogP contribution in [-0.2, 0) is 25.7 Å². The maximum absolute atomic E-state index is 13.3. The predicted molar refractivity (Wildman–Crippen MR) is 168 cm³/mol. The molecule has 242 valence electrons. The Labute approximate surface area is 279 Å². The molecule has 6 rings (SSSR count). The van der Waals surface area contributed by atoms with Gasteiger partial charge >= 0.3 is 17.6 Å². The molecule has 1 saturated heterocycles. The number of halogens is 1. The van der Waals surface area contributed by atoms with Gasteiger partial charge in [0.25, 0.3) is 11.8 Å². The normalized spacial score (nSPS) is 17.8. The molecule has 2 atom stereocenters. The van der Waals surface area contributed by atoms with Crippen molar-refractivity contribution < 1.29 is 34.2 Å². The lowest BCUT2D eigenvalue weighted by molar-refractivity contribution is -0.150. The Hall–Kier alpha value is -4.99. The van der Waals surface area contributed by atoms with Crippen LogP contribution in [0.15, 0.2) is 62.6 Å². The standard InChI is InChI=1S/C25H19ClN10O8S3/c26-11-1-3-12(4-2-11)44-32-16(19-29-24(27)47-33-19)20(39)28-17-21(40)35-18(23(41)42)10(9-46-22(17)35)8-45-14-6-5-13-30-34(7-15(37)38)25(43)36(13)31-14/h1-6,17,22H,7-9H2,(H,28,39)(H,37,38)(H,41,42)(H2,27,29,33)/t17?,22-/m0/s1. The molecule has 22 heteroatoms. The Morgan fingerprint density at radius 2 is 1.91 bits per heavy atom. The van der Waals surface area contributed by atoms with Crippen LogP contribution in [0.5, 0.6) is 5.75 Å². The van der Waals surface area contributed by atoms with Crippen molar-refractivity contribution >= 4 is 86.9 Å². The summed E-state index contributed by atoms with van der Waals surface area (Å²) in [5.74, 6) is -3.64. The Morgan fingerprint density at radius 3 is 2.60 bits per heavy atom. The minimum Gasteiger partial charge on any atom is -0.480 e. The van der Waals surface area contributed by atoms with E-state index in [4.69, 9.17) is 27.3 Å². The maximum atomic E-state index is 13.3. The number of thioether (sulfide) groups is 2. The molecule has 1 fully saturated rings. The molecule has 4 aromatic rings. The highest BCUT2D eigenvalue weighted by Gasteiger charge is 2.54. The smallest absolute Gasteiger partial charge is 0.367 e. The number of hydrogen-bond donors (Lipinski definition) is 4. The van der Waals surface area contributed by atoms with Crippen molar-refractivity contribution in [3.63, 3.8) is 0 Å². The lowest BCUT2D eigenvalue weighted by Crippen LogP contribution is -2.71. The first-order valence-electron chi connectivity index (χ1n) is 13.1. The second-order valence-electron chi connectivity index (χ2n) is 9.62. The summed E-state index contributed by atoms with van der Waals surface area (Å²) in [5, 5.41) is 33.7. The number of nitrogens with two attached hydrogens (primary N) is 1. The van der Waals surface area contributed by atoms with Gasteiger partial charge in [0.1, 0.15) is 28.7 Å². The molecule has 1 aromatic carbocycles. The van der Waals surface area contributed by atoms with Crippen molar-refractivity contribution in [3.05, 3.63) is 69.0 Å².